The number of anilines is 1. The quantitative estimate of drug-likeness (QED) is 0.855. The van der Waals surface area contributed by atoms with Crippen LogP contribution in [0.15, 0.2) is 29.2 Å². The van der Waals surface area contributed by atoms with Crippen molar-refractivity contribution in [3.63, 3.8) is 0 Å². The van der Waals surface area contributed by atoms with E-state index in [0.29, 0.717) is 5.92 Å². The van der Waals surface area contributed by atoms with E-state index in [0.717, 1.165) is 31.0 Å². The molecule has 4 heteroatoms. The first-order chi connectivity index (χ1) is 9.25. The van der Waals surface area contributed by atoms with Gasteiger partial charge in [0.1, 0.15) is 0 Å². The van der Waals surface area contributed by atoms with Crippen molar-refractivity contribution < 1.29 is 4.79 Å². The molecule has 1 fully saturated rings. The average molecular weight is 276 g/mol. The summed E-state index contributed by atoms with van der Waals surface area (Å²) in [6, 6.07) is 8.23. The summed E-state index contributed by atoms with van der Waals surface area (Å²) in [5.41, 5.74) is 1.09. The predicted octanol–water partition coefficient (Wildman–Crippen LogP) is 2.51. The van der Waals surface area contributed by atoms with Crippen LogP contribution in [0.2, 0.25) is 0 Å². The fourth-order valence-corrected chi connectivity index (χ4v) is 3.88. The smallest absolute Gasteiger partial charge is 0.244 e. The molecule has 2 unspecified atom stereocenters. The second-order valence-electron chi connectivity index (χ2n) is 5.44. The molecular weight excluding hydrogens is 256 g/mol. The van der Waals surface area contributed by atoms with Crippen LogP contribution in [0.3, 0.4) is 0 Å². The third-order valence-electron chi connectivity index (χ3n) is 3.96. The van der Waals surface area contributed by atoms with Gasteiger partial charge in [-0.15, -0.1) is 11.8 Å². The molecule has 1 amide bonds. The number of piperidine rings is 1. The fraction of sp³-hybridized carbons (Fsp3) is 0.533. The number of nitrogens with zero attached hydrogens (tertiary/aromatic N) is 1. The van der Waals surface area contributed by atoms with Crippen LogP contribution in [0.25, 0.3) is 0 Å². The van der Waals surface area contributed by atoms with Crippen molar-refractivity contribution in [1.29, 1.82) is 0 Å². The van der Waals surface area contributed by atoms with E-state index in [-0.39, 0.29) is 11.9 Å². The number of thioether (sulfide) groups is 1. The van der Waals surface area contributed by atoms with Crippen LogP contribution in [0.5, 0.6) is 0 Å². The van der Waals surface area contributed by atoms with E-state index in [1.807, 2.05) is 28.8 Å². The lowest BCUT2D eigenvalue weighted by molar-refractivity contribution is -0.121. The van der Waals surface area contributed by atoms with Crippen molar-refractivity contribution in [1.82, 2.24) is 5.32 Å². The Balaban J connectivity index is 1.81. The minimum absolute atomic E-state index is 0.0000869. The Kier molecular flexibility index (Phi) is 3.80. The van der Waals surface area contributed by atoms with Crippen LogP contribution < -0.4 is 10.2 Å². The Hall–Kier alpha value is -1.00. The summed E-state index contributed by atoms with van der Waals surface area (Å²) in [5, 5.41) is 3.38. The van der Waals surface area contributed by atoms with Crippen LogP contribution in [0.1, 0.15) is 19.8 Å². The van der Waals surface area contributed by atoms with E-state index in [1.54, 1.807) is 0 Å². The standard InChI is InChI=1S/C15H20N2OS/c1-11-6-7-16-12(10-11)15(18)17-8-9-19-14-5-3-2-4-13(14)17/h2-5,11-12,16H,6-10H2,1H3. The SMILES string of the molecule is CC1CCNC(C(=O)N2CCSc3ccccc32)C1. The zero-order valence-corrected chi connectivity index (χ0v) is 12.1. The Morgan fingerprint density at radius 2 is 2.26 bits per heavy atom. The van der Waals surface area contributed by atoms with E-state index in [2.05, 4.69) is 24.4 Å². The first-order valence-electron chi connectivity index (χ1n) is 7.02. The molecule has 1 N–H and O–H groups in total. The highest BCUT2D eigenvalue weighted by Crippen LogP contribution is 2.35. The zero-order valence-electron chi connectivity index (χ0n) is 11.3. The second kappa shape index (κ2) is 5.55. The lowest BCUT2D eigenvalue weighted by atomic mass is 9.93. The Morgan fingerprint density at radius 1 is 1.42 bits per heavy atom. The monoisotopic (exact) mass is 276 g/mol. The molecule has 1 aromatic carbocycles. The van der Waals surface area contributed by atoms with Crippen molar-refractivity contribution in [2.24, 2.45) is 5.92 Å². The summed E-state index contributed by atoms with van der Waals surface area (Å²) in [6.45, 7) is 4.02. The van der Waals surface area contributed by atoms with Crippen LogP contribution in [0, 0.1) is 5.92 Å². The Labute approximate surface area is 118 Å². The van der Waals surface area contributed by atoms with Gasteiger partial charge in [-0.3, -0.25) is 4.79 Å². The molecular formula is C15H20N2OS. The largest absolute Gasteiger partial charge is 0.309 e. The number of rotatable bonds is 1. The highest BCUT2D eigenvalue weighted by atomic mass is 32.2. The van der Waals surface area contributed by atoms with Crippen molar-refractivity contribution in [2.45, 2.75) is 30.7 Å². The van der Waals surface area contributed by atoms with Gasteiger partial charge >= 0.3 is 0 Å². The summed E-state index contributed by atoms with van der Waals surface area (Å²) in [5.74, 6) is 1.88. The molecule has 2 heterocycles. The number of nitrogens with one attached hydrogen (secondary N) is 1. The van der Waals surface area contributed by atoms with E-state index in [4.69, 9.17) is 0 Å². The molecule has 2 atom stereocenters. The molecule has 3 rings (SSSR count). The maximum atomic E-state index is 12.7. The van der Waals surface area contributed by atoms with Gasteiger partial charge in [0.15, 0.2) is 0 Å². The Bertz CT molecular complexity index is 477. The lowest BCUT2D eigenvalue weighted by Crippen LogP contribution is -2.51. The van der Waals surface area contributed by atoms with Crippen LogP contribution in [-0.4, -0.2) is 30.8 Å². The fourth-order valence-electron chi connectivity index (χ4n) is 2.88. The van der Waals surface area contributed by atoms with Gasteiger partial charge in [0, 0.05) is 17.2 Å². The second-order valence-corrected chi connectivity index (χ2v) is 6.58. The first-order valence-corrected chi connectivity index (χ1v) is 8.01. The minimum Gasteiger partial charge on any atom is -0.309 e. The van der Waals surface area contributed by atoms with Gasteiger partial charge in [-0.05, 0) is 37.4 Å². The number of hydrogen-bond donors (Lipinski definition) is 1. The zero-order chi connectivity index (χ0) is 13.2. The molecule has 0 aromatic heterocycles. The highest BCUT2D eigenvalue weighted by Gasteiger charge is 2.31. The van der Waals surface area contributed by atoms with Gasteiger partial charge in [-0.1, -0.05) is 19.1 Å². The summed E-state index contributed by atoms with van der Waals surface area (Å²) < 4.78 is 0. The number of carbonyl (C=O) groups excluding carboxylic acids is 1. The summed E-state index contributed by atoms with van der Waals surface area (Å²) in [7, 11) is 0. The normalized spacial score (nSPS) is 26.9. The molecule has 3 nitrogen and oxygen atoms in total. The van der Waals surface area contributed by atoms with Gasteiger partial charge in [-0.25, -0.2) is 0 Å². The van der Waals surface area contributed by atoms with Gasteiger partial charge in [0.05, 0.1) is 11.7 Å². The summed E-state index contributed by atoms with van der Waals surface area (Å²) >= 11 is 1.84. The number of para-hydroxylation sites is 1. The minimum atomic E-state index is -0.0000869. The van der Waals surface area contributed by atoms with Crippen LogP contribution >= 0.6 is 11.8 Å². The molecule has 0 bridgehead atoms. The molecule has 19 heavy (non-hydrogen) atoms. The number of amides is 1. The average Bonchev–Trinajstić information content (AvgIpc) is 2.46. The summed E-state index contributed by atoms with van der Waals surface area (Å²) in [6.07, 6.45) is 2.14. The van der Waals surface area contributed by atoms with Gasteiger partial charge < -0.3 is 10.2 Å². The highest BCUT2D eigenvalue weighted by molar-refractivity contribution is 7.99. The predicted molar refractivity (Wildman–Crippen MR) is 79.7 cm³/mol. The lowest BCUT2D eigenvalue weighted by Gasteiger charge is -2.35. The molecule has 2 aliphatic heterocycles. The third kappa shape index (κ3) is 2.65. The van der Waals surface area contributed by atoms with E-state index >= 15 is 0 Å². The Morgan fingerprint density at radius 3 is 3.11 bits per heavy atom. The number of fused-ring (bicyclic) bond motifs is 1. The van der Waals surface area contributed by atoms with Gasteiger partial charge in [-0.2, -0.15) is 0 Å². The van der Waals surface area contributed by atoms with E-state index < -0.39 is 0 Å². The third-order valence-corrected chi connectivity index (χ3v) is 5.00. The molecule has 0 aliphatic carbocycles. The van der Waals surface area contributed by atoms with Crippen molar-refractivity contribution in [3.8, 4) is 0 Å². The maximum Gasteiger partial charge on any atom is 0.244 e. The number of carbonyl (C=O) groups is 1. The van der Waals surface area contributed by atoms with Crippen molar-refractivity contribution in [3.05, 3.63) is 24.3 Å². The molecule has 0 spiro atoms. The number of hydrogen-bond acceptors (Lipinski definition) is 3. The molecule has 0 saturated carbocycles. The van der Waals surface area contributed by atoms with E-state index in [9.17, 15) is 4.79 Å². The molecule has 1 aromatic rings. The number of benzene rings is 1. The van der Waals surface area contributed by atoms with Gasteiger partial charge in [0.2, 0.25) is 5.91 Å². The molecule has 0 radical (unpaired) electrons. The molecule has 1 saturated heterocycles. The van der Waals surface area contributed by atoms with Crippen LogP contribution in [-0.2, 0) is 4.79 Å². The summed E-state index contributed by atoms with van der Waals surface area (Å²) in [4.78, 5) is 15.9. The maximum absolute atomic E-state index is 12.7. The topological polar surface area (TPSA) is 32.3 Å². The molecule has 2 aliphatic rings. The van der Waals surface area contributed by atoms with Crippen LogP contribution in [0.4, 0.5) is 5.69 Å². The van der Waals surface area contributed by atoms with Crippen molar-refractivity contribution >= 4 is 23.4 Å². The van der Waals surface area contributed by atoms with E-state index in [1.165, 1.54) is 11.3 Å². The first kappa shape index (κ1) is 13.0. The van der Waals surface area contributed by atoms with Crippen molar-refractivity contribution in [2.75, 3.05) is 23.7 Å². The molecule has 102 valence electrons. The van der Waals surface area contributed by atoms with Gasteiger partial charge in [0.25, 0.3) is 0 Å².